The lowest BCUT2D eigenvalue weighted by Gasteiger charge is -2.12. The van der Waals surface area contributed by atoms with Crippen molar-refractivity contribution >= 4 is 28.3 Å². The summed E-state index contributed by atoms with van der Waals surface area (Å²) in [6.45, 7) is 0. The quantitative estimate of drug-likeness (QED) is 0.749. The SMILES string of the molecule is COc1cccc2ccc(NC(=O)[C@@H](N)CCC(N)=O)cc12. The lowest BCUT2D eigenvalue weighted by Crippen LogP contribution is -2.36. The molecule has 2 aromatic carbocycles. The number of nitrogens with two attached hydrogens (primary N) is 2. The molecule has 0 saturated carbocycles. The van der Waals surface area contributed by atoms with E-state index in [1.54, 1.807) is 13.2 Å². The van der Waals surface area contributed by atoms with Crippen molar-refractivity contribution in [2.24, 2.45) is 11.5 Å². The summed E-state index contributed by atoms with van der Waals surface area (Å²) in [6.07, 6.45) is 0.304. The van der Waals surface area contributed by atoms with Gasteiger partial charge in [0, 0.05) is 17.5 Å². The van der Waals surface area contributed by atoms with Crippen LogP contribution in [0.15, 0.2) is 36.4 Å². The summed E-state index contributed by atoms with van der Waals surface area (Å²) >= 11 is 0. The molecule has 0 aliphatic heterocycles. The Morgan fingerprint density at radius 3 is 2.73 bits per heavy atom. The monoisotopic (exact) mass is 301 g/mol. The molecule has 0 radical (unpaired) electrons. The second-order valence-electron chi connectivity index (χ2n) is 5.00. The zero-order valence-corrected chi connectivity index (χ0v) is 12.3. The number of rotatable bonds is 6. The van der Waals surface area contributed by atoms with Gasteiger partial charge in [-0.05, 0) is 30.0 Å². The summed E-state index contributed by atoms with van der Waals surface area (Å²) in [4.78, 5) is 22.7. The first-order valence-electron chi connectivity index (χ1n) is 6.93. The molecule has 2 rings (SSSR count). The Balaban J connectivity index is 2.14. The predicted molar refractivity (Wildman–Crippen MR) is 85.5 cm³/mol. The molecule has 0 saturated heterocycles. The standard InChI is InChI=1S/C16H19N3O3/c1-22-14-4-2-3-10-5-6-11(9-12(10)14)19-16(21)13(17)7-8-15(18)20/h2-6,9,13H,7-8,17H2,1H3,(H2,18,20)(H,19,21)/t13-/m0/s1. The zero-order chi connectivity index (χ0) is 16.1. The number of benzene rings is 2. The van der Waals surface area contributed by atoms with Crippen LogP contribution in [0.5, 0.6) is 5.75 Å². The van der Waals surface area contributed by atoms with E-state index in [1.165, 1.54) is 0 Å². The van der Waals surface area contributed by atoms with Crippen LogP contribution in [-0.2, 0) is 9.59 Å². The number of amides is 2. The highest BCUT2D eigenvalue weighted by molar-refractivity contribution is 5.98. The van der Waals surface area contributed by atoms with Crippen molar-refractivity contribution < 1.29 is 14.3 Å². The number of fused-ring (bicyclic) bond motifs is 1. The van der Waals surface area contributed by atoms with Gasteiger partial charge in [-0.2, -0.15) is 0 Å². The van der Waals surface area contributed by atoms with Crippen LogP contribution in [-0.4, -0.2) is 25.0 Å². The Morgan fingerprint density at radius 2 is 2.05 bits per heavy atom. The average Bonchev–Trinajstić information content (AvgIpc) is 2.51. The molecule has 0 bridgehead atoms. The van der Waals surface area contributed by atoms with E-state index in [4.69, 9.17) is 16.2 Å². The topological polar surface area (TPSA) is 107 Å². The summed E-state index contributed by atoms with van der Waals surface area (Å²) in [6, 6.07) is 10.4. The number of carbonyl (C=O) groups excluding carboxylic acids is 2. The Kier molecular flexibility index (Phi) is 4.95. The Morgan fingerprint density at radius 1 is 1.27 bits per heavy atom. The third-order valence-electron chi connectivity index (χ3n) is 3.37. The van der Waals surface area contributed by atoms with E-state index in [9.17, 15) is 9.59 Å². The van der Waals surface area contributed by atoms with E-state index < -0.39 is 11.9 Å². The molecule has 0 aliphatic carbocycles. The number of anilines is 1. The zero-order valence-electron chi connectivity index (χ0n) is 12.3. The molecular formula is C16H19N3O3. The van der Waals surface area contributed by atoms with Crippen molar-refractivity contribution in [2.45, 2.75) is 18.9 Å². The fourth-order valence-electron chi connectivity index (χ4n) is 2.16. The molecule has 0 aliphatic rings. The van der Waals surface area contributed by atoms with Gasteiger partial charge in [-0.1, -0.05) is 18.2 Å². The molecular weight excluding hydrogens is 282 g/mol. The summed E-state index contributed by atoms with van der Waals surface area (Å²) in [5, 5.41) is 4.64. The first kappa shape index (κ1) is 15.8. The van der Waals surface area contributed by atoms with Gasteiger partial charge in [-0.15, -0.1) is 0 Å². The van der Waals surface area contributed by atoms with Crippen molar-refractivity contribution in [1.29, 1.82) is 0 Å². The maximum absolute atomic E-state index is 12.0. The van der Waals surface area contributed by atoms with Gasteiger partial charge >= 0.3 is 0 Å². The van der Waals surface area contributed by atoms with Gasteiger partial charge in [0.15, 0.2) is 0 Å². The van der Waals surface area contributed by atoms with E-state index in [0.717, 1.165) is 16.5 Å². The molecule has 1 atom stereocenters. The second kappa shape index (κ2) is 6.91. The fraction of sp³-hybridized carbons (Fsp3) is 0.250. The van der Waals surface area contributed by atoms with E-state index in [1.807, 2.05) is 30.3 Å². The fourth-order valence-corrected chi connectivity index (χ4v) is 2.16. The summed E-state index contributed by atoms with van der Waals surface area (Å²) in [5.74, 6) is -0.0965. The largest absolute Gasteiger partial charge is 0.496 e. The summed E-state index contributed by atoms with van der Waals surface area (Å²) in [7, 11) is 1.60. The molecule has 0 aromatic heterocycles. The first-order chi connectivity index (χ1) is 10.5. The van der Waals surface area contributed by atoms with Gasteiger partial charge in [-0.25, -0.2) is 0 Å². The van der Waals surface area contributed by atoms with Crippen molar-refractivity contribution in [3.05, 3.63) is 36.4 Å². The predicted octanol–water partition coefficient (Wildman–Crippen LogP) is 1.38. The van der Waals surface area contributed by atoms with Gasteiger partial charge in [0.05, 0.1) is 13.2 Å². The van der Waals surface area contributed by atoms with Gasteiger partial charge in [0.1, 0.15) is 5.75 Å². The van der Waals surface area contributed by atoms with E-state index in [2.05, 4.69) is 5.32 Å². The number of ether oxygens (including phenoxy) is 1. The second-order valence-corrected chi connectivity index (χ2v) is 5.00. The van der Waals surface area contributed by atoms with Gasteiger partial charge < -0.3 is 21.5 Å². The van der Waals surface area contributed by atoms with Crippen molar-refractivity contribution in [2.75, 3.05) is 12.4 Å². The van der Waals surface area contributed by atoms with Crippen LogP contribution in [0, 0.1) is 0 Å². The van der Waals surface area contributed by atoms with E-state index in [0.29, 0.717) is 5.69 Å². The van der Waals surface area contributed by atoms with Crippen LogP contribution in [0.2, 0.25) is 0 Å². The van der Waals surface area contributed by atoms with Crippen LogP contribution in [0.1, 0.15) is 12.8 Å². The molecule has 2 aromatic rings. The Labute approximate surface area is 128 Å². The van der Waals surface area contributed by atoms with Crippen LogP contribution < -0.4 is 21.5 Å². The third kappa shape index (κ3) is 3.73. The normalized spacial score (nSPS) is 11.9. The Hall–Kier alpha value is -2.60. The molecule has 6 nitrogen and oxygen atoms in total. The molecule has 0 spiro atoms. The number of methoxy groups -OCH3 is 1. The van der Waals surface area contributed by atoms with Crippen LogP contribution in [0.4, 0.5) is 5.69 Å². The van der Waals surface area contributed by atoms with Gasteiger partial charge in [0.25, 0.3) is 0 Å². The molecule has 116 valence electrons. The van der Waals surface area contributed by atoms with Crippen molar-refractivity contribution in [3.8, 4) is 5.75 Å². The number of hydrogen-bond acceptors (Lipinski definition) is 4. The number of nitrogens with one attached hydrogen (secondary N) is 1. The van der Waals surface area contributed by atoms with Gasteiger partial charge in [-0.3, -0.25) is 9.59 Å². The van der Waals surface area contributed by atoms with E-state index >= 15 is 0 Å². The average molecular weight is 301 g/mol. The maximum atomic E-state index is 12.0. The minimum absolute atomic E-state index is 0.0835. The lowest BCUT2D eigenvalue weighted by molar-refractivity contribution is -0.119. The smallest absolute Gasteiger partial charge is 0.241 e. The highest BCUT2D eigenvalue weighted by atomic mass is 16.5. The highest BCUT2D eigenvalue weighted by Crippen LogP contribution is 2.28. The molecule has 5 N–H and O–H groups in total. The van der Waals surface area contributed by atoms with E-state index in [-0.39, 0.29) is 18.7 Å². The van der Waals surface area contributed by atoms with Crippen LogP contribution in [0.25, 0.3) is 10.8 Å². The highest BCUT2D eigenvalue weighted by Gasteiger charge is 2.15. The number of hydrogen-bond donors (Lipinski definition) is 3. The molecule has 0 heterocycles. The molecule has 2 amide bonds. The minimum Gasteiger partial charge on any atom is -0.496 e. The third-order valence-corrected chi connectivity index (χ3v) is 3.37. The van der Waals surface area contributed by atoms with Crippen molar-refractivity contribution in [3.63, 3.8) is 0 Å². The lowest BCUT2D eigenvalue weighted by atomic mass is 10.1. The minimum atomic E-state index is -0.777. The summed E-state index contributed by atoms with van der Waals surface area (Å²) in [5.41, 5.74) is 11.4. The Bertz CT molecular complexity index is 700. The molecule has 0 fully saturated rings. The molecule has 6 heteroatoms. The number of primary amides is 1. The van der Waals surface area contributed by atoms with Gasteiger partial charge in [0.2, 0.25) is 11.8 Å². The summed E-state index contributed by atoms with van der Waals surface area (Å²) < 4.78 is 5.31. The number of carbonyl (C=O) groups is 2. The van der Waals surface area contributed by atoms with Crippen LogP contribution in [0.3, 0.4) is 0 Å². The molecule has 22 heavy (non-hydrogen) atoms. The maximum Gasteiger partial charge on any atom is 0.241 e. The molecule has 0 unspecified atom stereocenters. The van der Waals surface area contributed by atoms with Crippen molar-refractivity contribution in [1.82, 2.24) is 0 Å². The van der Waals surface area contributed by atoms with Crippen LogP contribution >= 0.6 is 0 Å². The first-order valence-corrected chi connectivity index (χ1v) is 6.93.